The van der Waals surface area contributed by atoms with Gasteiger partial charge in [-0.1, -0.05) is 49.1 Å². The lowest BCUT2D eigenvalue weighted by molar-refractivity contribution is -0.136. The Morgan fingerprint density at radius 1 is 1.11 bits per heavy atom. The van der Waals surface area contributed by atoms with Gasteiger partial charge in [0.25, 0.3) is 5.91 Å². The third-order valence-electron chi connectivity index (χ3n) is 6.27. The van der Waals surface area contributed by atoms with E-state index < -0.39 is 5.66 Å². The van der Waals surface area contributed by atoms with Gasteiger partial charge in [0.1, 0.15) is 17.9 Å². The smallest absolute Gasteiger partial charge is 0.275 e. The molecular weight excluding hydrogens is 338 g/mol. The molecule has 3 aliphatic rings. The van der Waals surface area contributed by atoms with Crippen LogP contribution in [0.5, 0.6) is 0 Å². The summed E-state index contributed by atoms with van der Waals surface area (Å²) >= 11 is 0. The van der Waals surface area contributed by atoms with Gasteiger partial charge >= 0.3 is 0 Å². The predicted molar refractivity (Wildman–Crippen MR) is 106 cm³/mol. The fraction of sp³-hybridized carbons (Fsp3) is 0.591. The summed E-state index contributed by atoms with van der Waals surface area (Å²) in [6, 6.07) is 8.22. The van der Waals surface area contributed by atoms with Gasteiger partial charge in [-0.15, -0.1) is 0 Å². The van der Waals surface area contributed by atoms with Gasteiger partial charge in [0.15, 0.2) is 0 Å². The summed E-state index contributed by atoms with van der Waals surface area (Å²) < 4.78 is 0. The number of hydrogen-bond donors (Lipinski definition) is 1. The third-order valence-corrected chi connectivity index (χ3v) is 6.27. The van der Waals surface area contributed by atoms with Crippen molar-refractivity contribution < 1.29 is 9.59 Å². The largest absolute Gasteiger partial charge is 0.352 e. The van der Waals surface area contributed by atoms with E-state index in [1.807, 2.05) is 31.2 Å². The molecule has 0 bridgehead atoms. The van der Waals surface area contributed by atoms with Crippen LogP contribution in [0, 0.1) is 6.92 Å². The summed E-state index contributed by atoms with van der Waals surface area (Å²) in [6.07, 6.45) is 9.45. The molecule has 1 aromatic rings. The van der Waals surface area contributed by atoms with E-state index in [-0.39, 0.29) is 24.4 Å². The molecule has 0 saturated heterocycles. The van der Waals surface area contributed by atoms with Gasteiger partial charge in [-0.2, -0.15) is 0 Å². The molecule has 1 aromatic carbocycles. The van der Waals surface area contributed by atoms with Crippen LogP contribution in [0.1, 0.15) is 68.9 Å². The average molecular weight is 367 g/mol. The molecule has 0 radical (unpaired) electrons. The molecule has 0 atom stereocenters. The Balaban J connectivity index is 1.56. The highest BCUT2D eigenvalue weighted by Gasteiger charge is 2.48. The van der Waals surface area contributed by atoms with Gasteiger partial charge in [0.05, 0.1) is 0 Å². The molecule has 144 valence electrons. The molecule has 5 nitrogen and oxygen atoms in total. The highest BCUT2D eigenvalue weighted by molar-refractivity contribution is 6.47. The topological polar surface area (TPSA) is 61.8 Å². The second kappa shape index (κ2) is 7.45. The van der Waals surface area contributed by atoms with Crippen LogP contribution < -0.4 is 5.32 Å². The maximum Gasteiger partial charge on any atom is 0.275 e. The number of nitrogens with zero attached hydrogens (tertiary/aromatic N) is 2. The molecule has 2 fully saturated rings. The number of aryl methyl sites for hydroxylation is 1. The van der Waals surface area contributed by atoms with E-state index in [1.165, 1.54) is 19.3 Å². The van der Waals surface area contributed by atoms with Crippen LogP contribution in [0.4, 0.5) is 0 Å². The fourth-order valence-corrected chi connectivity index (χ4v) is 4.74. The molecule has 2 aliphatic carbocycles. The quantitative estimate of drug-likeness (QED) is 0.887. The normalized spacial score (nSPS) is 22.3. The van der Waals surface area contributed by atoms with Crippen LogP contribution in [0.2, 0.25) is 0 Å². The minimum Gasteiger partial charge on any atom is -0.352 e. The number of hydrogen-bond acceptors (Lipinski definition) is 3. The highest BCUT2D eigenvalue weighted by atomic mass is 16.2. The van der Waals surface area contributed by atoms with Gasteiger partial charge < -0.3 is 10.2 Å². The van der Waals surface area contributed by atoms with Crippen molar-refractivity contribution in [3.05, 3.63) is 35.4 Å². The lowest BCUT2D eigenvalue weighted by atomic mass is 9.88. The molecule has 2 saturated carbocycles. The zero-order chi connectivity index (χ0) is 18.9. The highest BCUT2D eigenvalue weighted by Crippen LogP contribution is 2.39. The van der Waals surface area contributed by atoms with Crippen LogP contribution in [0.3, 0.4) is 0 Å². The number of benzene rings is 1. The van der Waals surface area contributed by atoms with E-state index in [1.54, 1.807) is 4.90 Å². The Morgan fingerprint density at radius 3 is 2.44 bits per heavy atom. The van der Waals surface area contributed by atoms with Crippen LogP contribution >= 0.6 is 0 Å². The summed E-state index contributed by atoms with van der Waals surface area (Å²) in [7, 11) is 0. The van der Waals surface area contributed by atoms with Crippen molar-refractivity contribution in [2.45, 2.75) is 76.4 Å². The van der Waals surface area contributed by atoms with E-state index in [4.69, 9.17) is 4.99 Å². The number of carbonyl (C=O) groups excluding carboxylic acids is 2. The van der Waals surface area contributed by atoms with Crippen LogP contribution in [0.25, 0.3) is 0 Å². The fourth-order valence-electron chi connectivity index (χ4n) is 4.74. The first-order chi connectivity index (χ1) is 13.1. The molecule has 5 heteroatoms. The van der Waals surface area contributed by atoms with Gasteiger partial charge in [-0.25, -0.2) is 0 Å². The summed E-state index contributed by atoms with van der Waals surface area (Å²) in [6.45, 7) is 2.15. The Kier molecular flexibility index (Phi) is 5.02. The Labute approximate surface area is 161 Å². The van der Waals surface area contributed by atoms with E-state index in [2.05, 4.69) is 5.32 Å². The first-order valence-electron chi connectivity index (χ1n) is 10.4. The van der Waals surface area contributed by atoms with Crippen molar-refractivity contribution in [2.24, 2.45) is 4.99 Å². The number of carbonyl (C=O) groups is 2. The molecular formula is C22H29N3O2. The summed E-state index contributed by atoms with van der Waals surface area (Å²) in [5.41, 5.74) is 2.01. The maximum absolute atomic E-state index is 13.3. The predicted octanol–water partition coefficient (Wildman–Crippen LogP) is 3.35. The zero-order valence-electron chi connectivity index (χ0n) is 16.2. The van der Waals surface area contributed by atoms with Crippen LogP contribution in [-0.2, 0) is 9.59 Å². The van der Waals surface area contributed by atoms with E-state index in [0.29, 0.717) is 5.71 Å². The van der Waals surface area contributed by atoms with Gasteiger partial charge in [-0.3, -0.25) is 14.6 Å². The monoisotopic (exact) mass is 367 g/mol. The van der Waals surface area contributed by atoms with Gasteiger partial charge in [0, 0.05) is 11.6 Å². The summed E-state index contributed by atoms with van der Waals surface area (Å²) in [4.78, 5) is 32.6. The van der Waals surface area contributed by atoms with E-state index in [9.17, 15) is 9.59 Å². The van der Waals surface area contributed by atoms with Crippen LogP contribution in [-0.4, -0.2) is 40.7 Å². The lowest BCUT2D eigenvalue weighted by Crippen LogP contribution is -2.52. The maximum atomic E-state index is 13.3. The van der Waals surface area contributed by atoms with Gasteiger partial charge in [-0.05, 0) is 45.4 Å². The Hall–Kier alpha value is -2.17. The second-order valence-corrected chi connectivity index (χ2v) is 8.31. The van der Waals surface area contributed by atoms with Crippen molar-refractivity contribution >= 4 is 17.5 Å². The van der Waals surface area contributed by atoms with Crippen molar-refractivity contribution in [2.75, 3.05) is 6.54 Å². The molecule has 2 amide bonds. The number of nitrogens with one attached hydrogen (secondary N) is 1. The SMILES string of the molecule is Cc1ccc(C2=NC3(CCCCC3)N(CC(=O)NC3CCCC3)C2=O)cc1. The van der Waals surface area contributed by atoms with Crippen molar-refractivity contribution in [3.63, 3.8) is 0 Å². The third kappa shape index (κ3) is 3.64. The van der Waals surface area contributed by atoms with Crippen molar-refractivity contribution in [1.82, 2.24) is 10.2 Å². The standard InChI is InChI=1S/C22H29N3O2/c1-16-9-11-17(12-10-16)20-21(27)25(22(24-20)13-5-2-6-14-22)15-19(26)23-18-7-3-4-8-18/h9-12,18H,2-8,13-15H2,1H3,(H,23,26). The Morgan fingerprint density at radius 2 is 1.78 bits per heavy atom. The molecule has 1 N–H and O–H groups in total. The van der Waals surface area contributed by atoms with Crippen LogP contribution in [0.15, 0.2) is 29.3 Å². The minimum absolute atomic E-state index is 0.0412. The number of rotatable bonds is 4. The first kappa shape index (κ1) is 18.2. The van der Waals surface area contributed by atoms with E-state index >= 15 is 0 Å². The van der Waals surface area contributed by atoms with Crippen molar-refractivity contribution in [3.8, 4) is 0 Å². The molecule has 4 rings (SSSR count). The molecule has 0 aromatic heterocycles. The lowest BCUT2D eigenvalue weighted by Gasteiger charge is -2.39. The molecule has 1 heterocycles. The first-order valence-corrected chi connectivity index (χ1v) is 10.4. The summed E-state index contributed by atoms with van der Waals surface area (Å²) in [5.74, 6) is -0.136. The molecule has 0 unspecified atom stereocenters. The zero-order valence-corrected chi connectivity index (χ0v) is 16.2. The molecule has 1 spiro atoms. The number of aliphatic imine (C=N–C) groups is 1. The summed E-state index contributed by atoms with van der Waals surface area (Å²) in [5, 5.41) is 3.13. The Bertz CT molecular complexity index is 741. The second-order valence-electron chi connectivity index (χ2n) is 8.31. The molecule has 1 aliphatic heterocycles. The number of amides is 2. The average Bonchev–Trinajstić information content (AvgIpc) is 3.26. The molecule has 27 heavy (non-hydrogen) atoms. The van der Waals surface area contributed by atoms with Gasteiger partial charge in [0.2, 0.25) is 5.91 Å². The minimum atomic E-state index is -0.525. The van der Waals surface area contributed by atoms with Crippen molar-refractivity contribution in [1.29, 1.82) is 0 Å². The van der Waals surface area contributed by atoms with E-state index in [0.717, 1.165) is 49.7 Å².